The van der Waals surface area contributed by atoms with Crippen molar-refractivity contribution in [3.63, 3.8) is 0 Å². The van der Waals surface area contributed by atoms with Crippen molar-refractivity contribution in [1.29, 1.82) is 0 Å². The summed E-state index contributed by atoms with van der Waals surface area (Å²) in [6.45, 7) is 5.23. The van der Waals surface area contributed by atoms with Crippen molar-refractivity contribution < 1.29 is 14.3 Å². The molecule has 25 heavy (non-hydrogen) atoms. The number of unbranched alkanes of at least 4 members (excludes halogenated alkanes) is 1. The van der Waals surface area contributed by atoms with E-state index in [4.69, 9.17) is 16.3 Å². The molecule has 1 unspecified atom stereocenters. The zero-order chi connectivity index (χ0) is 18.2. The molecular formula is C19H27ClN2O3. The van der Waals surface area contributed by atoms with Crippen LogP contribution in [-0.4, -0.2) is 41.9 Å². The van der Waals surface area contributed by atoms with Gasteiger partial charge in [-0.25, -0.2) is 0 Å². The third-order valence-electron chi connectivity index (χ3n) is 4.43. The van der Waals surface area contributed by atoms with Crippen LogP contribution in [0.2, 0.25) is 5.02 Å². The molecule has 1 heterocycles. The molecule has 1 aromatic rings. The Balaban J connectivity index is 1.74. The van der Waals surface area contributed by atoms with Crippen molar-refractivity contribution in [2.75, 3.05) is 13.1 Å². The number of nitrogens with one attached hydrogen (secondary N) is 1. The summed E-state index contributed by atoms with van der Waals surface area (Å²) in [6.07, 6.45) is 3.60. The Labute approximate surface area is 154 Å². The number of rotatable bonds is 7. The van der Waals surface area contributed by atoms with Gasteiger partial charge in [0.1, 0.15) is 5.75 Å². The van der Waals surface area contributed by atoms with Gasteiger partial charge >= 0.3 is 0 Å². The molecular weight excluding hydrogens is 340 g/mol. The fourth-order valence-electron chi connectivity index (χ4n) is 2.85. The van der Waals surface area contributed by atoms with Crippen molar-refractivity contribution in [3.05, 3.63) is 29.3 Å². The summed E-state index contributed by atoms with van der Waals surface area (Å²) in [5, 5.41) is 3.65. The van der Waals surface area contributed by atoms with Gasteiger partial charge in [0, 0.05) is 30.6 Å². The molecule has 1 saturated heterocycles. The molecule has 6 heteroatoms. The lowest BCUT2D eigenvalue weighted by Crippen LogP contribution is -2.49. The molecule has 0 aromatic heterocycles. The van der Waals surface area contributed by atoms with Crippen LogP contribution in [0, 0.1) is 0 Å². The van der Waals surface area contributed by atoms with Crippen LogP contribution in [0.1, 0.15) is 46.0 Å². The summed E-state index contributed by atoms with van der Waals surface area (Å²) in [5.74, 6) is 0.708. The number of nitrogens with zero attached hydrogens (tertiary/aromatic N) is 1. The largest absolute Gasteiger partial charge is 0.481 e. The van der Waals surface area contributed by atoms with Crippen LogP contribution in [0.25, 0.3) is 0 Å². The van der Waals surface area contributed by atoms with Crippen molar-refractivity contribution in [1.82, 2.24) is 10.2 Å². The highest BCUT2D eigenvalue weighted by Gasteiger charge is 2.25. The van der Waals surface area contributed by atoms with Crippen LogP contribution in [-0.2, 0) is 9.59 Å². The maximum Gasteiger partial charge on any atom is 0.260 e. The van der Waals surface area contributed by atoms with Crippen LogP contribution >= 0.6 is 11.6 Å². The minimum absolute atomic E-state index is 0.0963. The molecule has 1 aliphatic heterocycles. The van der Waals surface area contributed by atoms with Crippen molar-refractivity contribution in [2.24, 2.45) is 0 Å². The van der Waals surface area contributed by atoms with E-state index in [1.165, 1.54) is 0 Å². The molecule has 1 aromatic carbocycles. The first-order valence-corrected chi connectivity index (χ1v) is 9.37. The Morgan fingerprint density at radius 3 is 2.52 bits per heavy atom. The van der Waals surface area contributed by atoms with Crippen molar-refractivity contribution in [3.8, 4) is 5.75 Å². The second-order valence-corrected chi connectivity index (χ2v) is 6.92. The first-order valence-electron chi connectivity index (χ1n) is 9.00. The minimum atomic E-state index is -0.578. The monoisotopic (exact) mass is 366 g/mol. The van der Waals surface area contributed by atoms with Gasteiger partial charge in [-0.05, 0) is 50.5 Å². The van der Waals surface area contributed by atoms with Gasteiger partial charge in [-0.15, -0.1) is 0 Å². The highest BCUT2D eigenvalue weighted by molar-refractivity contribution is 6.30. The number of benzene rings is 1. The molecule has 0 bridgehead atoms. The molecule has 1 atom stereocenters. The number of likely N-dealkylation sites (tertiary alicyclic amines) is 1. The standard InChI is InChI=1S/C19H27ClN2O3/c1-3-4-5-18(23)22-12-10-16(11-13-22)21-19(24)14(2)25-17-8-6-15(20)7-9-17/h6-9,14,16H,3-5,10-13H2,1-2H3,(H,21,24). The number of hydrogen-bond donors (Lipinski definition) is 1. The Morgan fingerprint density at radius 2 is 1.92 bits per heavy atom. The molecule has 0 saturated carbocycles. The number of halogens is 1. The first kappa shape index (κ1) is 19.6. The lowest BCUT2D eigenvalue weighted by Gasteiger charge is -2.33. The fourth-order valence-corrected chi connectivity index (χ4v) is 2.97. The molecule has 138 valence electrons. The predicted octanol–water partition coefficient (Wildman–Crippen LogP) is 3.40. The Morgan fingerprint density at radius 1 is 1.28 bits per heavy atom. The summed E-state index contributed by atoms with van der Waals surface area (Å²) >= 11 is 5.84. The van der Waals surface area contributed by atoms with Crippen LogP contribution in [0.5, 0.6) is 5.75 Å². The summed E-state index contributed by atoms with van der Waals surface area (Å²) in [6, 6.07) is 7.04. The van der Waals surface area contributed by atoms with Gasteiger partial charge in [-0.1, -0.05) is 24.9 Å². The zero-order valence-electron chi connectivity index (χ0n) is 15.0. The molecule has 5 nitrogen and oxygen atoms in total. The molecule has 0 radical (unpaired) electrons. The van der Waals surface area contributed by atoms with Gasteiger partial charge in [0.15, 0.2) is 6.10 Å². The molecule has 0 aliphatic carbocycles. The molecule has 2 rings (SSSR count). The topological polar surface area (TPSA) is 58.6 Å². The highest BCUT2D eigenvalue weighted by Crippen LogP contribution is 2.17. The van der Waals surface area contributed by atoms with Crippen LogP contribution in [0.4, 0.5) is 0 Å². The fraction of sp³-hybridized carbons (Fsp3) is 0.579. The van der Waals surface area contributed by atoms with Gasteiger partial charge in [-0.3, -0.25) is 9.59 Å². The number of carbonyl (C=O) groups excluding carboxylic acids is 2. The lowest BCUT2D eigenvalue weighted by atomic mass is 10.0. The number of carbonyl (C=O) groups is 2. The molecule has 1 N–H and O–H groups in total. The lowest BCUT2D eigenvalue weighted by molar-refractivity contribution is -0.132. The number of ether oxygens (including phenoxy) is 1. The second-order valence-electron chi connectivity index (χ2n) is 6.48. The van der Waals surface area contributed by atoms with E-state index in [2.05, 4.69) is 12.2 Å². The van der Waals surface area contributed by atoms with E-state index < -0.39 is 6.10 Å². The summed E-state index contributed by atoms with van der Waals surface area (Å²) < 4.78 is 5.64. The minimum Gasteiger partial charge on any atom is -0.481 e. The van der Waals surface area contributed by atoms with Gasteiger partial charge < -0.3 is 15.0 Å². The number of hydrogen-bond acceptors (Lipinski definition) is 3. The average Bonchev–Trinajstić information content (AvgIpc) is 2.62. The maximum absolute atomic E-state index is 12.3. The molecule has 0 spiro atoms. The second kappa shape index (κ2) is 9.66. The van der Waals surface area contributed by atoms with Crippen LogP contribution in [0.15, 0.2) is 24.3 Å². The van der Waals surface area contributed by atoms with Crippen molar-refractivity contribution in [2.45, 2.75) is 58.1 Å². The van der Waals surface area contributed by atoms with Gasteiger partial charge in [0.25, 0.3) is 5.91 Å². The van der Waals surface area contributed by atoms with Gasteiger partial charge in [-0.2, -0.15) is 0 Å². The Hall–Kier alpha value is -1.75. The van der Waals surface area contributed by atoms with E-state index in [0.29, 0.717) is 30.3 Å². The number of amides is 2. The summed E-state index contributed by atoms with van der Waals surface area (Å²) in [7, 11) is 0. The van der Waals surface area contributed by atoms with Gasteiger partial charge in [0.05, 0.1) is 0 Å². The van der Waals surface area contributed by atoms with Crippen LogP contribution in [0.3, 0.4) is 0 Å². The molecule has 2 amide bonds. The van der Waals surface area contributed by atoms with Crippen LogP contribution < -0.4 is 10.1 Å². The third kappa shape index (κ3) is 6.24. The van der Waals surface area contributed by atoms with E-state index in [-0.39, 0.29) is 17.9 Å². The van der Waals surface area contributed by atoms with E-state index >= 15 is 0 Å². The maximum atomic E-state index is 12.3. The smallest absolute Gasteiger partial charge is 0.260 e. The van der Waals surface area contributed by atoms with E-state index in [9.17, 15) is 9.59 Å². The molecule has 1 aliphatic rings. The van der Waals surface area contributed by atoms with Gasteiger partial charge in [0.2, 0.25) is 5.91 Å². The number of piperidine rings is 1. The predicted molar refractivity (Wildman–Crippen MR) is 98.8 cm³/mol. The Bertz CT molecular complexity index is 569. The zero-order valence-corrected chi connectivity index (χ0v) is 15.7. The Kier molecular flexibility index (Phi) is 7.56. The summed E-state index contributed by atoms with van der Waals surface area (Å²) in [4.78, 5) is 26.2. The highest BCUT2D eigenvalue weighted by atomic mass is 35.5. The summed E-state index contributed by atoms with van der Waals surface area (Å²) in [5.41, 5.74) is 0. The normalized spacial score (nSPS) is 16.4. The first-order chi connectivity index (χ1) is 12.0. The average molecular weight is 367 g/mol. The van der Waals surface area contributed by atoms with E-state index in [0.717, 1.165) is 25.7 Å². The quantitative estimate of drug-likeness (QED) is 0.804. The molecule has 1 fully saturated rings. The van der Waals surface area contributed by atoms with Crippen molar-refractivity contribution >= 4 is 23.4 Å². The van der Waals surface area contributed by atoms with E-state index in [1.54, 1.807) is 31.2 Å². The van der Waals surface area contributed by atoms with E-state index in [1.807, 2.05) is 4.90 Å². The SMILES string of the molecule is CCCCC(=O)N1CCC(NC(=O)C(C)Oc2ccc(Cl)cc2)CC1. The third-order valence-corrected chi connectivity index (χ3v) is 4.69.